The molecule has 1 heterocycles. The van der Waals surface area contributed by atoms with Crippen LogP contribution in [0.2, 0.25) is 0 Å². The molecule has 194 valence electrons. The van der Waals surface area contributed by atoms with Gasteiger partial charge in [0.2, 0.25) is 0 Å². The van der Waals surface area contributed by atoms with E-state index in [4.69, 9.17) is 0 Å². The van der Waals surface area contributed by atoms with Gasteiger partial charge < -0.3 is 15.5 Å². The third-order valence-corrected chi connectivity index (χ3v) is 7.12. The highest BCUT2D eigenvalue weighted by Gasteiger charge is 2.24. The molecule has 0 atom stereocenters. The summed E-state index contributed by atoms with van der Waals surface area (Å²) < 4.78 is 0. The summed E-state index contributed by atoms with van der Waals surface area (Å²) in [4.78, 5) is 28.4. The molecule has 3 aromatic carbocycles. The van der Waals surface area contributed by atoms with Crippen LogP contribution < -0.4 is 15.5 Å². The van der Waals surface area contributed by atoms with Crippen molar-refractivity contribution in [3.63, 3.8) is 0 Å². The molecule has 0 aromatic heterocycles. The Kier molecular flexibility index (Phi) is 8.99. The molecule has 1 saturated heterocycles. The van der Waals surface area contributed by atoms with Gasteiger partial charge >= 0.3 is 0 Å². The molecular weight excluding hydrogens is 458 g/mol. The van der Waals surface area contributed by atoms with E-state index in [1.165, 1.54) is 11.1 Å². The number of rotatable bonds is 9. The topological polar surface area (TPSA) is 61.4 Å². The molecular formula is C32H39N3O2. The number of carbonyl (C=O) groups excluding carboxylic acids is 2. The summed E-state index contributed by atoms with van der Waals surface area (Å²) in [6.07, 6.45) is 4.21. The monoisotopic (exact) mass is 497 g/mol. The van der Waals surface area contributed by atoms with Crippen LogP contribution in [-0.2, 0) is 12.8 Å². The maximum Gasteiger partial charge on any atom is 0.255 e. The predicted octanol–water partition coefficient (Wildman–Crippen LogP) is 6.35. The Labute approximate surface area is 221 Å². The van der Waals surface area contributed by atoms with E-state index in [0.29, 0.717) is 35.2 Å². The molecule has 0 radical (unpaired) electrons. The fourth-order valence-electron chi connectivity index (χ4n) is 4.88. The van der Waals surface area contributed by atoms with Gasteiger partial charge in [-0.1, -0.05) is 63.2 Å². The maximum absolute atomic E-state index is 13.2. The lowest BCUT2D eigenvalue weighted by molar-refractivity contribution is 0.0948. The van der Waals surface area contributed by atoms with Gasteiger partial charge in [-0.2, -0.15) is 0 Å². The van der Waals surface area contributed by atoms with Crippen LogP contribution >= 0.6 is 0 Å². The minimum atomic E-state index is -0.175. The van der Waals surface area contributed by atoms with Crippen molar-refractivity contribution in [2.45, 2.75) is 46.5 Å². The number of carbonyl (C=O) groups is 2. The zero-order valence-electron chi connectivity index (χ0n) is 22.3. The first-order valence-corrected chi connectivity index (χ1v) is 13.5. The van der Waals surface area contributed by atoms with Crippen LogP contribution in [0, 0.1) is 11.8 Å². The second-order valence-corrected chi connectivity index (χ2v) is 10.5. The molecule has 5 heteroatoms. The molecule has 0 saturated carbocycles. The van der Waals surface area contributed by atoms with Gasteiger partial charge in [0.25, 0.3) is 11.8 Å². The number of aryl methyl sites for hydroxylation is 1. The number of piperidine rings is 1. The van der Waals surface area contributed by atoms with Crippen LogP contribution in [0.4, 0.5) is 11.4 Å². The molecule has 0 bridgehead atoms. The Morgan fingerprint density at radius 1 is 0.892 bits per heavy atom. The standard InChI is InChI=1S/C32H39N3O2/c1-4-24-10-12-27(13-11-24)31(36)34-28-14-15-30(29(21-28)32(37)33-22-23(2)3)35-18-16-26(17-19-35)20-25-8-6-5-7-9-25/h5-15,21,23,26H,4,16-20,22H2,1-3H3,(H,33,37)(H,34,36). The van der Waals surface area contributed by atoms with Crippen molar-refractivity contribution in [1.29, 1.82) is 0 Å². The average Bonchev–Trinajstić information content (AvgIpc) is 2.93. The van der Waals surface area contributed by atoms with E-state index in [0.717, 1.165) is 44.5 Å². The molecule has 0 unspecified atom stereocenters. The first-order valence-electron chi connectivity index (χ1n) is 13.5. The van der Waals surface area contributed by atoms with Crippen molar-refractivity contribution in [1.82, 2.24) is 5.32 Å². The van der Waals surface area contributed by atoms with Gasteiger partial charge in [0.1, 0.15) is 0 Å². The van der Waals surface area contributed by atoms with Crippen LogP contribution in [0.25, 0.3) is 0 Å². The van der Waals surface area contributed by atoms with Gasteiger partial charge in [-0.3, -0.25) is 9.59 Å². The van der Waals surface area contributed by atoms with Crippen molar-refractivity contribution in [2.75, 3.05) is 29.9 Å². The van der Waals surface area contributed by atoms with Crippen molar-refractivity contribution in [3.05, 3.63) is 95.1 Å². The number of hydrogen-bond donors (Lipinski definition) is 2. The average molecular weight is 498 g/mol. The summed E-state index contributed by atoms with van der Waals surface area (Å²) in [6.45, 7) is 8.69. The van der Waals surface area contributed by atoms with Crippen molar-refractivity contribution in [2.24, 2.45) is 11.8 Å². The van der Waals surface area contributed by atoms with Crippen LogP contribution in [0.3, 0.4) is 0 Å². The normalized spacial score (nSPS) is 14.0. The van der Waals surface area contributed by atoms with Gasteiger partial charge in [0, 0.05) is 36.6 Å². The molecule has 0 spiro atoms. The Morgan fingerprint density at radius 3 is 2.24 bits per heavy atom. The zero-order valence-corrected chi connectivity index (χ0v) is 22.3. The Balaban J connectivity index is 1.49. The van der Waals surface area contributed by atoms with Crippen LogP contribution in [0.5, 0.6) is 0 Å². The van der Waals surface area contributed by atoms with Crippen molar-refractivity contribution < 1.29 is 9.59 Å². The number of benzene rings is 3. The van der Waals surface area contributed by atoms with E-state index in [9.17, 15) is 9.59 Å². The van der Waals surface area contributed by atoms with Crippen molar-refractivity contribution in [3.8, 4) is 0 Å². The molecule has 1 fully saturated rings. The third-order valence-electron chi connectivity index (χ3n) is 7.12. The number of amides is 2. The maximum atomic E-state index is 13.2. The molecule has 37 heavy (non-hydrogen) atoms. The molecule has 1 aliphatic rings. The highest BCUT2D eigenvalue weighted by Crippen LogP contribution is 2.30. The molecule has 3 aromatic rings. The third kappa shape index (κ3) is 7.22. The molecule has 2 N–H and O–H groups in total. The minimum Gasteiger partial charge on any atom is -0.371 e. The summed E-state index contributed by atoms with van der Waals surface area (Å²) >= 11 is 0. The predicted molar refractivity (Wildman–Crippen MR) is 152 cm³/mol. The van der Waals surface area contributed by atoms with E-state index >= 15 is 0 Å². The lowest BCUT2D eigenvalue weighted by atomic mass is 9.89. The first kappa shape index (κ1) is 26.5. The lowest BCUT2D eigenvalue weighted by Gasteiger charge is -2.35. The van der Waals surface area contributed by atoms with Crippen LogP contribution in [0.15, 0.2) is 72.8 Å². The largest absolute Gasteiger partial charge is 0.371 e. The zero-order chi connectivity index (χ0) is 26.2. The van der Waals surface area contributed by atoms with Gasteiger partial charge in [-0.25, -0.2) is 0 Å². The van der Waals surface area contributed by atoms with Gasteiger partial charge in [-0.05, 0) is 79.0 Å². The Morgan fingerprint density at radius 2 is 1.59 bits per heavy atom. The van der Waals surface area contributed by atoms with Gasteiger partial charge in [0.15, 0.2) is 0 Å². The highest BCUT2D eigenvalue weighted by atomic mass is 16.2. The summed E-state index contributed by atoms with van der Waals surface area (Å²) in [5, 5.41) is 6.05. The fourth-order valence-corrected chi connectivity index (χ4v) is 4.88. The fraction of sp³-hybridized carbons (Fsp3) is 0.375. The first-order chi connectivity index (χ1) is 17.9. The molecule has 4 rings (SSSR count). The number of nitrogens with zero attached hydrogens (tertiary/aromatic N) is 1. The lowest BCUT2D eigenvalue weighted by Crippen LogP contribution is -2.36. The highest BCUT2D eigenvalue weighted by molar-refractivity contribution is 6.06. The number of hydrogen-bond acceptors (Lipinski definition) is 3. The van der Waals surface area contributed by atoms with E-state index in [-0.39, 0.29) is 11.8 Å². The summed E-state index contributed by atoms with van der Waals surface area (Å²) in [7, 11) is 0. The van der Waals surface area contributed by atoms with E-state index < -0.39 is 0 Å². The van der Waals surface area contributed by atoms with Crippen molar-refractivity contribution >= 4 is 23.2 Å². The van der Waals surface area contributed by atoms with Crippen LogP contribution in [-0.4, -0.2) is 31.4 Å². The summed E-state index contributed by atoms with van der Waals surface area (Å²) in [5.74, 6) is 0.730. The minimum absolute atomic E-state index is 0.0986. The summed E-state index contributed by atoms with van der Waals surface area (Å²) in [6, 6.07) is 24.0. The number of anilines is 2. The molecule has 0 aliphatic carbocycles. The Bertz CT molecular complexity index is 1180. The number of nitrogens with one attached hydrogen (secondary N) is 2. The quantitative estimate of drug-likeness (QED) is 0.362. The summed E-state index contributed by atoms with van der Waals surface area (Å²) in [5.41, 5.74) is 5.36. The van der Waals surface area contributed by atoms with Gasteiger partial charge in [-0.15, -0.1) is 0 Å². The second-order valence-electron chi connectivity index (χ2n) is 10.5. The Hall–Kier alpha value is -3.60. The molecule has 5 nitrogen and oxygen atoms in total. The van der Waals surface area contributed by atoms with Gasteiger partial charge in [0.05, 0.1) is 5.56 Å². The smallest absolute Gasteiger partial charge is 0.255 e. The van der Waals surface area contributed by atoms with E-state index in [2.05, 4.69) is 66.6 Å². The van der Waals surface area contributed by atoms with Crippen LogP contribution in [0.1, 0.15) is 65.5 Å². The van der Waals surface area contributed by atoms with E-state index in [1.807, 2.05) is 42.5 Å². The van der Waals surface area contributed by atoms with E-state index in [1.54, 1.807) is 0 Å². The second kappa shape index (κ2) is 12.6. The SMILES string of the molecule is CCc1ccc(C(=O)Nc2ccc(N3CCC(Cc4ccccc4)CC3)c(C(=O)NCC(C)C)c2)cc1. The molecule has 1 aliphatic heterocycles. The molecule has 2 amide bonds.